The van der Waals surface area contributed by atoms with E-state index in [-0.39, 0.29) is 6.04 Å². The molecule has 0 amide bonds. The maximum absolute atomic E-state index is 11.0. The Labute approximate surface area is 109 Å². The number of rotatable bonds is 1. The molecule has 2 heteroatoms. The van der Waals surface area contributed by atoms with Gasteiger partial charge in [0.25, 0.3) is 0 Å². The summed E-state index contributed by atoms with van der Waals surface area (Å²) in [5, 5.41) is 11.0. The molecular formula is C16H23NO. The molecule has 18 heavy (non-hydrogen) atoms. The SMILES string of the molecule is N[C@H]1C[C@H]2CCCC[C@@H]2C[C@]1(O)c1ccccc1. The molecule has 3 N–H and O–H groups in total. The summed E-state index contributed by atoms with van der Waals surface area (Å²) in [6, 6.07) is 9.90. The van der Waals surface area contributed by atoms with Crippen molar-refractivity contribution < 1.29 is 5.11 Å². The maximum atomic E-state index is 11.0. The number of nitrogens with two attached hydrogens (primary N) is 1. The number of fused-ring (bicyclic) bond motifs is 1. The van der Waals surface area contributed by atoms with Gasteiger partial charge in [-0.05, 0) is 30.2 Å². The predicted molar refractivity (Wildman–Crippen MR) is 73.0 cm³/mol. The minimum atomic E-state index is -0.806. The minimum Gasteiger partial charge on any atom is -0.384 e. The first-order valence-corrected chi connectivity index (χ1v) is 7.23. The highest BCUT2D eigenvalue weighted by molar-refractivity contribution is 5.25. The average molecular weight is 245 g/mol. The van der Waals surface area contributed by atoms with Gasteiger partial charge in [-0.1, -0.05) is 56.0 Å². The van der Waals surface area contributed by atoms with Crippen molar-refractivity contribution in [3.8, 4) is 0 Å². The number of hydrogen-bond donors (Lipinski definition) is 2. The molecule has 4 atom stereocenters. The zero-order valence-corrected chi connectivity index (χ0v) is 10.9. The van der Waals surface area contributed by atoms with E-state index in [0.29, 0.717) is 5.92 Å². The zero-order valence-electron chi connectivity index (χ0n) is 10.9. The van der Waals surface area contributed by atoms with Crippen molar-refractivity contribution in [2.45, 2.75) is 50.2 Å². The smallest absolute Gasteiger partial charge is 0.105 e. The Morgan fingerprint density at radius 1 is 1.06 bits per heavy atom. The lowest BCUT2D eigenvalue weighted by Crippen LogP contribution is -2.53. The van der Waals surface area contributed by atoms with Crippen LogP contribution in [-0.2, 0) is 5.60 Å². The van der Waals surface area contributed by atoms with Gasteiger partial charge in [-0.2, -0.15) is 0 Å². The summed E-state index contributed by atoms with van der Waals surface area (Å²) in [6.07, 6.45) is 7.08. The standard InChI is InChI=1S/C16H23NO/c17-15-10-12-6-4-5-7-13(12)11-16(15,18)14-8-2-1-3-9-14/h1-3,8-9,12-13,15,18H,4-7,10-11,17H2/t12-,13-,15+,16+/m1/s1. The minimum absolute atomic E-state index is 0.112. The summed E-state index contributed by atoms with van der Waals surface area (Å²) >= 11 is 0. The number of hydrogen-bond acceptors (Lipinski definition) is 2. The summed E-state index contributed by atoms with van der Waals surface area (Å²) in [6.45, 7) is 0. The van der Waals surface area contributed by atoms with Crippen molar-refractivity contribution in [2.24, 2.45) is 17.6 Å². The molecule has 0 aliphatic heterocycles. The van der Waals surface area contributed by atoms with Crippen LogP contribution in [0.25, 0.3) is 0 Å². The van der Waals surface area contributed by atoms with Gasteiger partial charge in [0.15, 0.2) is 0 Å². The second kappa shape index (κ2) is 4.67. The Morgan fingerprint density at radius 2 is 1.72 bits per heavy atom. The first-order chi connectivity index (χ1) is 8.70. The van der Waals surface area contributed by atoms with E-state index in [2.05, 4.69) is 0 Å². The molecule has 0 unspecified atom stereocenters. The van der Waals surface area contributed by atoms with Crippen molar-refractivity contribution >= 4 is 0 Å². The summed E-state index contributed by atoms with van der Waals surface area (Å²) in [5.41, 5.74) is 6.50. The van der Waals surface area contributed by atoms with E-state index in [4.69, 9.17) is 5.73 Å². The zero-order chi connectivity index (χ0) is 12.6. The summed E-state index contributed by atoms with van der Waals surface area (Å²) in [5.74, 6) is 1.42. The van der Waals surface area contributed by atoms with Gasteiger partial charge < -0.3 is 10.8 Å². The largest absolute Gasteiger partial charge is 0.384 e. The van der Waals surface area contributed by atoms with E-state index >= 15 is 0 Å². The molecule has 1 aromatic rings. The quantitative estimate of drug-likeness (QED) is 0.799. The molecule has 2 aliphatic rings. The topological polar surface area (TPSA) is 46.2 Å². The predicted octanol–water partition coefficient (Wildman–Crippen LogP) is 2.80. The molecule has 0 saturated heterocycles. The van der Waals surface area contributed by atoms with Crippen LogP contribution in [-0.4, -0.2) is 11.1 Å². The molecule has 2 saturated carbocycles. The van der Waals surface area contributed by atoms with Gasteiger partial charge in [-0.25, -0.2) is 0 Å². The van der Waals surface area contributed by atoms with Crippen molar-refractivity contribution in [3.63, 3.8) is 0 Å². The van der Waals surface area contributed by atoms with Gasteiger partial charge in [0, 0.05) is 6.04 Å². The molecule has 3 rings (SSSR count). The van der Waals surface area contributed by atoms with Crippen LogP contribution >= 0.6 is 0 Å². The van der Waals surface area contributed by atoms with Crippen molar-refractivity contribution in [1.29, 1.82) is 0 Å². The van der Waals surface area contributed by atoms with Crippen LogP contribution in [0.15, 0.2) is 30.3 Å². The molecule has 1 aromatic carbocycles. The van der Waals surface area contributed by atoms with Gasteiger partial charge in [0.2, 0.25) is 0 Å². The lowest BCUT2D eigenvalue weighted by atomic mass is 9.62. The number of aliphatic hydroxyl groups is 1. The van der Waals surface area contributed by atoms with E-state index in [0.717, 1.165) is 24.3 Å². The molecule has 0 radical (unpaired) electrons. The monoisotopic (exact) mass is 245 g/mol. The fraction of sp³-hybridized carbons (Fsp3) is 0.625. The molecule has 98 valence electrons. The van der Waals surface area contributed by atoms with Crippen LogP contribution in [0.1, 0.15) is 44.1 Å². The molecule has 0 bridgehead atoms. The average Bonchev–Trinajstić information content (AvgIpc) is 2.41. The highest BCUT2D eigenvalue weighted by atomic mass is 16.3. The van der Waals surface area contributed by atoms with Gasteiger partial charge in [0.05, 0.1) is 0 Å². The van der Waals surface area contributed by atoms with E-state index in [1.54, 1.807) is 0 Å². The second-order valence-corrected chi connectivity index (χ2v) is 6.14. The Balaban J connectivity index is 1.87. The Morgan fingerprint density at radius 3 is 2.44 bits per heavy atom. The van der Waals surface area contributed by atoms with Crippen molar-refractivity contribution in [3.05, 3.63) is 35.9 Å². The molecular weight excluding hydrogens is 222 g/mol. The van der Waals surface area contributed by atoms with Crippen LogP contribution in [0.5, 0.6) is 0 Å². The van der Waals surface area contributed by atoms with Gasteiger partial charge in [0.1, 0.15) is 5.60 Å². The lowest BCUT2D eigenvalue weighted by molar-refractivity contribution is -0.0666. The third-order valence-corrected chi connectivity index (χ3v) is 5.08. The second-order valence-electron chi connectivity index (χ2n) is 6.14. The summed E-state index contributed by atoms with van der Waals surface area (Å²) in [4.78, 5) is 0. The third kappa shape index (κ3) is 1.98. The van der Waals surface area contributed by atoms with Gasteiger partial charge >= 0.3 is 0 Å². The molecule has 2 fully saturated rings. The van der Waals surface area contributed by atoms with Crippen molar-refractivity contribution in [1.82, 2.24) is 0 Å². The fourth-order valence-corrected chi connectivity index (χ4v) is 3.99. The van der Waals surface area contributed by atoms with Crippen LogP contribution in [0.3, 0.4) is 0 Å². The van der Waals surface area contributed by atoms with Crippen LogP contribution in [0, 0.1) is 11.8 Å². The molecule has 0 spiro atoms. The molecule has 0 heterocycles. The Hall–Kier alpha value is -0.860. The molecule has 2 nitrogen and oxygen atoms in total. The summed E-state index contributed by atoms with van der Waals surface area (Å²) in [7, 11) is 0. The third-order valence-electron chi connectivity index (χ3n) is 5.08. The number of benzene rings is 1. The van der Waals surface area contributed by atoms with E-state index in [9.17, 15) is 5.11 Å². The van der Waals surface area contributed by atoms with Crippen LogP contribution < -0.4 is 5.73 Å². The van der Waals surface area contributed by atoms with E-state index in [1.807, 2.05) is 30.3 Å². The van der Waals surface area contributed by atoms with E-state index in [1.165, 1.54) is 25.7 Å². The lowest BCUT2D eigenvalue weighted by Gasteiger charge is -2.47. The Kier molecular flexibility index (Phi) is 3.16. The highest BCUT2D eigenvalue weighted by Gasteiger charge is 2.46. The first kappa shape index (κ1) is 12.2. The maximum Gasteiger partial charge on any atom is 0.105 e. The van der Waals surface area contributed by atoms with Gasteiger partial charge in [-0.15, -0.1) is 0 Å². The molecule has 0 aromatic heterocycles. The fourth-order valence-electron chi connectivity index (χ4n) is 3.99. The normalized spacial score (nSPS) is 40.2. The van der Waals surface area contributed by atoms with Crippen LogP contribution in [0.2, 0.25) is 0 Å². The first-order valence-electron chi connectivity index (χ1n) is 7.23. The highest BCUT2D eigenvalue weighted by Crippen LogP contribution is 2.47. The van der Waals surface area contributed by atoms with Crippen LogP contribution in [0.4, 0.5) is 0 Å². The summed E-state index contributed by atoms with van der Waals surface area (Å²) < 4.78 is 0. The molecule has 2 aliphatic carbocycles. The van der Waals surface area contributed by atoms with Gasteiger partial charge in [-0.3, -0.25) is 0 Å². The van der Waals surface area contributed by atoms with Crippen molar-refractivity contribution in [2.75, 3.05) is 0 Å². The Bertz CT molecular complexity index is 405. The van der Waals surface area contributed by atoms with E-state index < -0.39 is 5.60 Å².